The number of aromatic amines is 1. The van der Waals surface area contributed by atoms with Gasteiger partial charge in [-0.15, -0.1) is 0 Å². The molecule has 2 rings (SSSR count). The molecule has 0 aliphatic rings. The van der Waals surface area contributed by atoms with Crippen LogP contribution in [0.4, 0.5) is 0 Å². The molecule has 0 saturated carbocycles. The Hall–Kier alpha value is -1.32. The Kier molecular flexibility index (Phi) is 3.82. The molecule has 0 saturated heterocycles. The molecule has 4 heteroatoms. The molecule has 0 unspecified atom stereocenters. The van der Waals surface area contributed by atoms with Gasteiger partial charge in [-0.3, -0.25) is 0 Å². The Morgan fingerprint density at radius 2 is 2.18 bits per heavy atom. The van der Waals surface area contributed by atoms with Crippen molar-refractivity contribution >= 4 is 11.6 Å². The third kappa shape index (κ3) is 3.08. The summed E-state index contributed by atoms with van der Waals surface area (Å²) in [5.41, 5.74) is 2.20. The van der Waals surface area contributed by atoms with Crippen LogP contribution in [0.25, 0.3) is 0 Å². The second-order valence-corrected chi connectivity index (χ2v) is 4.53. The van der Waals surface area contributed by atoms with Crippen LogP contribution in [0.3, 0.4) is 0 Å². The van der Waals surface area contributed by atoms with Crippen LogP contribution in [-0.4, -0.2) is 9.97 Å². The highest BCUT2D eigenvalue weighted by atomic mass is 35.5. The van der Waals surface area contributed by atoms with Crippen LogP contribution in [0.1, 0.15) is 30.0 Å². The SMILES string of the molecule is Cc1ncc(CN[C@H](C)c2ccccc2Cl)[nH]1. The van der Waals surface area contributed by atoms with E-state index in [-0.39, 0.29) is 6.04 Å². The quantitative estimate of drug-likeness (QED) is 0.874. The van der Waals surface area contributed by atoms with Crippen LogP contribution in [0.15, 0.2) is 30.5 Å². The minimum Gasteiger partial charge on any atom is -0.345 e. The van der Waals surface area contributed by atoms with Crippen molar-refractivity contribution < 1.29 is 0 Å². The van der Waals surface area contributed by atoms with E-state index in [2.05, 4.69) is 22.2 Å². The highest BCUT2D eigenvalue weighted by molar-refractivity contribution is 6.31. The van der Waals surface area contributed by atoms with Gasteiger partial charge in [0.2, 0.25) is 0 Å². The monoisotopic (exact) mass is 249 g/mol. The second-order valence-electron chi connectivity index (χ2n) is 4.12. The van der Waals surface area contributed by atoms with Gasteiger partial charge < -0.3 is 10.3 Å². The third-order valence-electron chi connectivity index (χ3n) is 2.73. The molecule has 1 aromatic carbocycles. The molecule has 0 fully saturated rings. The van der Waals surface area contributed by atoms with Gasteiger partial charge in [0, 0.05) is 29.5 Å². The van der Waals surface area contributed by atoms with Crippen LogP contribution in [0, 0.1) is 6.92 Å². The van der Waals surface area contributed by atoms with Gasteiger partial charge in [-0.1, -0.05) is 29.8 Å². The first-order valence-electron chi connectivity index (χ1n) is 5.65. The van der Waals surface area contributed by atoms with Crippen LogP contribution in [-0.2, 0) is 6.54 Å². The average molecular weight is 250 g/mol. The lowest BCUT2D eigenvalue weighted by Gasteiger charge is -2.14. The largest absolute Gasteiger partial charge is 0.345 e. The Bertz CT molecular complexity index is 493. The smallest absolute Gasteiger partial charge is 0.103 e. The molecule has 90 valence electrons. The minimum absolute atomic E-state index is 0.215. The van der Waals surface area contributed by atoms with E-state index in [4.69, 9.17) is 11.6 Å². The lowest BCUT2D eigenvalue weighted by molar-refractivity contribution is 0.569. The summed E-state index contributed by atoms with van der Waals surface area (Å²) in [7, 11) is 0. The number of H-pyrrole nitrogens is 1. The van der Waals surface area contributed by atoms with Crippen molar-refractivity contribution in [3.63, 3.8) is 0 Å². The molecular formula is C13H16ClN3. The number of hydrogen-bond donors (Lipinski definition) is 2. The average Bonchev–Trinajstić information content (AvgIpc) is 2.73. The normalized spacial score (nSPS) is 12.6. The highest BCUT2D eigenvalue weighted by Crippen LogP contribution is 2.22. The van der Waals surface area contributed by atoms with Gasteiger partial charge >= 0.3 is 0 Å². The number of rotatable bonds is 4. The fourth-order valence-electron chi connectivity index (χ4n) is 1.76. The standard InChI is InChI=1S/C13H16ClN3/c1-9(12-5-3-4-6-13(12)14)15-7-11-8-16-10(2)17-11/h3-6,8-9,15H,7H2,1-2H3,(H,16,17)/t9-/m1/s1. The maximum Gasteiger partial charge on any atom is 0.103 e. The third-order valence-corrected chi connectivity index (χ3v) is 3.07. The molecule has 0 spiro atoms. The summed E-state index contributed by atoms with van der Waals surface area (Å²) < 4.78 is 0. The molecule has 0 bridgehead atoms. The number of aromatic nitrogens is 2. The zero-order valence-corrected chi connectivity index (χ0v) is 10.8. The van der Waals surface area contributed by atoms with Crippen LogP contribution in [0.2, 0.25) is 5.02 Å². The first-order chi connectivity index (χ1) is 8.16. The summed E-state index contributed by atoms with van der Waals surface area (Å²) in [6, 6.07) is 8.11. The lowest BCUT2D eigenvalue weighted by atomic mass is 10.1. The maximum atomic E-state index is 6.14. The highest BCUT2D eigenvalue weighted by Gasteiger charge is 2.08. The van der Waals surface area contributed by atoms with Gasteiger partial charge in [0.05, 0.1) is 0 Å². The second kappa shape index (κ2) is 5.34. The number of hydrogen-bond acceptors (Lipinski definition) is 2. The summed E-state index contributed by atoms with van der Waals surface area (Å²) >= 11 is 6.14. The molecule has 0 amide bonds. The van der Waals surface area contributed by atoms with Crippen molar-refractivity contribution in [1.29, 1.82) is 0 Å². The molecule has 1 aromatic heterocycles. The van der Waals surface area contributed by atoms with Gasteiger partial charge in [-0.2, -0.15) is 0 Å². The van der Waals surface area contributed by atoms with E-state index in [9.17, 15) is 0 Å². The molecule has 1 atom stereocenters. The van der Waals surface area contributed by atoms with Crippen LogP contribution < -0.4 is 5.32 Å². The van der Waals surface area contributed by atoms with Crippen LogP contribution in [0.5, 0.6) is 0 Å². The summed E-state index contributed by atoms with van der Waals surface area (Å²) in [6.07, 6.45) is 1.85. The van der Waals surface area contributed by atoms with Crippen molar-refractivity contribution in [2.75, 3.05) is 0 Å². The summed E-state index contributed by atoms with van der Waals surface area (Å²) in [5, 5.41) is 4.21. The van der Waals surface area contributed by atoms with Crippen molar-refractivity contribution in [2.45, 2.75) is 26.4 Å². The van der Waals surface area contributed by atoms with E-state index in [0.29, 0.717) is 0 Å². The number of imidazole rings is 1. The lowest BCUT2D eigenvalue weighted by Crippen LogP contribution is -2.18. The fourth-order valence-corrected chi connectivity index (χ4v) is 2.06. The molecule has 3 nitrogen and oxygen atoms in total. The molecule has 0 aliphatic carbocycles. The van der Waals surface area contributed by atoms with E-state index >= 15 is 0 Å². The number of nitrogens with zero attached hydrogens (tertiary/aromatic N) is 1. The molecular weight excluding hydrogens is 234 g/mol. The van der Waals surface area contributed by atoms with Crippen molar-refractivity contribution in [2.24, 2.45) is 0 Å². The Labute approximate surface area is 106 Å². The van der Waals surface area contributed by atoms with E-state index < -0.39 is 0 Å². The number of halogens is 1. The van der Waals surface area contributed by atoms with Gasteiger partial charge in [0.1, 0.15) is 5.82 Å². The topological polar surface area (TPSA) is 40.7 Å². The maximum absolute atomic E-state index is 6.14. The Morgan fingerprint density at radius 1 is 1.41 bits per heavy atom. The molecule has 0 aliphatic heterocycles. The zero-order chi connectivity index (χ0) is 12.3. The predicted molar refractivity (Wildman–Crippen MR) is 70.0 cm³/mol. The molecule has 17 heavy (non-hydrogen) atoms. The summed E-state index contributed by atoms with van der Waals surface area (Å²) in [5.74, 6) is 0.937. The first kappa shape index (κ1) is 12.1. The molecule has 2 aromatic rings. The Morgan fingerprint density at radius 3 is 2.82 bits per heavy atom. The number of nitrogens with one attached hydrogen (secondary N) is 2. The van der Waals surface area contributed by atoms with Gasteiger partial charge in [0.15, 0.2) is 0 Å². The summed E-state index contributed by atoms with van der Waals surface area (Å²) in [4.78, 5) is 7.35. The van der Waals surface area contributed by atoms with Gasteiger partial charge in [-0.25, -0.2) is 4.98 Å². The first-order valence-corrected chi connectivity index (χ1v) is 6.03. The minimum atomic E-state index is 0.215. The molecule has 2 N–H and O–H groups in total. The molecule has 0 radical (unpaired) electrons. The van der Waals surface area contributed by atoms with E-state index in [1.807, 2.05) is 37.4 Å². The predicted octanol–water partition coefficient (Wildman–Crippen LogP) is 3.22. The van der Waals surface area contributed by atoms with Crippen molar-refractivity contribution in [3.8, 4) is 0 Å². The van der Waals surface area contributed by atoms with Crippen LogP contribution >= 0.6 is 11.6 Å². The van der Waals surface area contributed by atoms with E-state index in [0.717, 1.165) is 28.6 Å². The summed E-state index contributed by atoms with van der Waals surface area (Å²) in [6.45, 7) is 4.80. The van der Waals surface area contributed by atoms with Crippen molar-refractivity contribution in [1.82, 2.24) is 15.3 Å². The number of aryl methyl sites for hydroxylation is 1. The van der Waals surface area contributed by atoms with Gasteiger partial charge in [-0.05, 0) is 25.5 Å². The Balaban J connectivity index is 1.98. The molecule has 1 heterocycles. The number of benzene rings is 1. The van der Waals surface area contributed by atoms with Crippen molar-refractivity contribution in [3.05, 3.63) is 52.6 Å². The van der Waals surface area contributed by atoms with Gasteiger partial charge in [0.25, 0.3) is 0 Å². The zero-order valence-electron chi connectivity index (χ0n) is 10.00. The fraction of sp³-hybridized carbons (Fsp3) is 0.308. The van der Waals surface area contributed by atoms with E-state index in [1.165, 1.54) is 0 Å². The van der Waals surface area contributed by atoms with E-state index in [1.54, 1.807) is 0 Å².